The highest BCUT2D eigenvalue weighted by atomic mass is 35.5. The summed E-state index contributed by atoms with van der Waals surface area (Å²) in [5.41, 5.74) is 0. The maximum Gasteiger partial charge on any atom is 0.252 e. The van der Waals surface area contributed by atoms with Crippen molar-refractivity contribution >= 4 is 18.3 Å². The maximum atomic E-state index is 12.6. The van der Waals surface area contributed by atoms with Crippen LogP contribution in [0.25, 0.3) is 0 Å². The summed E-state index contributed by atoms with van der Waals surface area (Å²) in [6.45, 7) is 0.854. The Hall–Kier alpha value is -0.980. The van der Waals surface area contributed by atoms with Gasteiger partial charge in [0.1, 0.15) is 0 Å². The lowest BCUT2D eigenvalue weighted by Crippen LogP contribution is -2.53. The minimum absolute atomic E-state index is 0. The van der Waals surface area contributed by atoms with Crippen LogP contribution in [0.2, 0.25) is 0 Å². The van der Waals surface area contributed by atoms with Crippen LogP contribution in [-0.4, -0.2) is 36.0 Å². The number of alkyl halides is 2. The van der Waals surface area contributed by atoms with Gasteiger partial charge in [-0.1, -0.05) is 0 Å². The molecule has 0 aromatic heterocycles. The van der Waals surface area contributed by atoms with Crippen LogP contribution >= 0.6 is 12.4 Å². The van der Waals surface area contributed by atoms with Gasteiger partial charge in [-0.3, -0.25) is 9.80 Å². The van der Waals surface area contributed by atoms with Crippen molar-refractivity contribution < 1.29 is 13.6 Å². The Morgan fingerprint density at radius 1 is 1.39 bits per heavy atom. The number of halogens is 3. The molecule has 1 aliphatic heterocycles. The van der Waals surface area contributed by atoms with Crippen molar-refractivity contribution in [2.45, 2.75) is 37.6 Å². The van der Waals surface area contributed by atoms with E-state index in [-0.39, 0.29) is 37.1 Å². The summed E-state index contributed by atoms with van der Waals surface area (Å²) >= 11 is 0. The summed E-state index contributed by atoms with van der Waals surface area (Å²) in [7, 11) is 0. The summed E-state index contributed by atoms with van der Waals surface area (Å²) in [6, 6.07) is -0.419. The fraction of sp³-hybridized carbons (Fsp3) is 0.900. The molecule has 0 aromatic carbocycles. The van der Waals surface area contributed by atoms with E-state index < -0.39 is 12.0 Å². The lowest BCUT2D eigenvalue weighted by molar-refractivity contribution is -0.134. The zero-order valence-electron chi connectivity index (χ0n) is 9.77. The van der Waals surface area contributed by atoms with Crippen LogP contribution in [0.15, 0.2) is 5.29 Å². The molecule has 5 nitrogen and oxygen atoms in total. The third-order valence-corrected chi connectivity index (χ3v) is 3.32. The fourth-order valence-electron chi connectivity index (χ4n) is 2.33. The molecule has 1 heterocycles. The minimum atomic E-state index is -2.62. The molecule has 0 spiro atoms. The van der Waals surface area contributed by atoms with Crippen LogP contribution in [0.5, 0.6) is 0 Å². The van der Waals surface area contributed by atoms with Gasteiger partial charge >= 0.3 is 0 Å². The van der Waals surface area contributed by atoms with Crippen LogP contribution in [0.3, 0.4) is 0 Å². The van der Waals surface area contributed by atoms with E-state index >= 15 is 0 Å². The van der Waals surface area contributed by atoms with E-state index in [0.717, 1.165) is 6.42 Å². The summed E-state index contributed by atoms with van der Waals surface area (Å²) in [5, 5.41) is 6.71. The highest BCUT2D eigenvalue weighted by molar-refractivity contribution is 5.85. The second kappa shape index (κ2) is 5.77. The highest BCUT2D eigenvalue weighted by Crippen LogP contribution is 2.37. The van der Waals surface area contributed by atoms with Crippen molar-refractivity contribution in [2.24, 2.45) is 11.2 Å². The molecule has 104 valence electrons. The second-order valence-electron chi connectivity index (χ2n) is 4.80. The van der Waals surface area contributed by atoms with Gasteiger partial charge in [-0.15, -0.1) is 17.3 Å². The Labute approximate surface area is 110 Å². The third-order valence-electron chi connectivity index (χ3n) is 3.32. The molecule has 2 rings (SSSR count). The second-order valence-corrected chi connectivity index (χ2v) is 4.80. The fourth-order valence-corrected chi connectivity index (χ4v) is 2.33. The number of hydrogen-bond acceptors (Lipinski definition) is 3. The molecule has 1 N–H and O–H groups in total. The molecule has 1 saturated heterocycles. The molecule has 1 saturated carbocycles. The van der Waals surface area contributed by atoms with Crippen LogP contribution < -0.4 is 5.32 Å². The molecule has 1 unspecified atom stereocenters. The van der Waals surface area contributed by atoms with Gasteiger partial charge in [-0.25, -0.2) is 8.78 Å². The Morgan fingerprint density at radius 3 is 2.61 bits per heavy atom. The van der Waals surface area contributed by atoms with Crippen molar-refractivity contribution in [3.8, 4) is 0 Å². The zero-order chi connectivity index (χ0) is 12.5. The number of amides is 1. The van der Waals surface area contributed by atoms with Gasteiger partial charge in [-0.2, -0.15) is 0 Å². The molecule has 2 aliphatic rings. The van der Waals surface area contributed by atoms with Gasteiger partial charge in [0.2, 0.25) is 5.91 Å². The number of piperidine rings is 1. The van der Waals surface area contributed by atoms with Gasteiger partial charge < -0.3 is 5.32 Å². The zero-order valence-corrected chi connectivity index (χ0v) is 10.6. The number of carbonyl (C=O) groups is 1. The van der Waals surface area contributed by atoms with E-state index in [9.17, 15) is 18.5 Å². The average molecular weight is 284 g/mol. The van der Waals surface area contributed by atoms with Crippen molar-refractivity contribution in [3.05, 3.63) is 4.91 Å². The predicted molar refractivity (Wildman–Crippen MR) is 63.5 cm³/mol. The van der Waals surface area contributed by atoms with Gasteiger partial charge in [-0.05, 0) is 12.8 Å². The molecule has 0 bridgehead atoms. The first kappa shape index (κ1) is 15.1. The van der Waals surface area contributed by atoms with Gasteiger partial charge in [0.25, 0.3) is 5.92 Å². The van der Waals surface area contributed by atoms with Crippen molar-refractivity contribution in [3.63, 3.8) is 0 Å². The number of nitrogens with one attached hydrogen (secondary N) is 1. The normalized spacial score (nSPS) is 26.8. The highest BCUT2D eigenvalue weighted by Gasteiger charge is 2.46. The van der Waals surface area contributed by atoms with Crippen molar-refractivity contribution in [2.75, 3.05) is 13.1 Å². The Balaban J connectivity index is 0.00000162. The Bertz CT molecular complexity index is 322. The quantitative estimate of drug-likeness (QED) is 0.802. The van der Waals surface area contributed by atoms with Crippen molar-refractivity contribution in [1.29, 1.82) is 0 Å². The van der Waals surface area contributed by atoms with Gasteiger partial charge in [0.15, 0.2) is 0 Å². The Morgan fingerprint density at radius 2 is 2.06 bits per heavy atom. The van der Waals surface area contributed by atoms with Crippen LogP contribution in [0.4, 0.5) is 8.78 Å². The number of nitroso groups, excluding NO2 is 1. The van der Waals surface area contributed by atoms with E-state index in [4.69, 9.17) is 0 Å². The summed E-state index contributed by atoms with van der Waals surface area (Å²) < 4.78 is 25.2. The first-order valence-electron chi connectivity index (χ1n) is 5.76. The minimum Gasteiger partial charge on any atom is -0.353 e. The van der Waals surface area contributed by atoms with Gasteiger partial charge in [0.05, 0.1) is 17.7 Å². The number of carbonyl (C=O) groups excluding carboxylic acids is 1. The number of rotatable bonds is 3. The lowest BCUT2D eigenvalue weighted by atomic mass is 9.87. The van der Waals surface area contributed by atoms with E-state index in [1.165, 1.54) is 5.01 Å². The molecular weight excluding hydrogens is 268 g/mol. The SMILES string of the molecule is Cl.O=NN1CCCC(C(=O)NC2CC(F)(F)C2)C1. The maximum absolute atomic E-state index is 12.6. The number of nitrogens with zero attached hydrogens (tertiary/aromatic N) is 2. The molecule has 8 heteroatoms. The molecule has 1 aliphatic carbocycles. The first-order chi connectivity index (χ1) is 8.00. The average Bonchev–Trinajstić information content (AvgIpc) is 2.26. The predicted octanol–water partition coefficient (Wildman–Crippen LogP) is 1.72. The Kier molecular flexibility index (Phi) is 4.84. The lowest BCUT2D eigenvalue weighted by Gasteiger charge is -2.37. The van der Waals surface area contributed by atoms with Crippen LogP contribution in [-0.2, 0) is 4.79 Å². The molecule has 1 amide bonds. The van der Waals surface area contributed by atoms with E-state index in [2.05, 4.69) is 10.6 Å². The summed E-state index contributed by atoms with van der Waals surface area (Å²) in [5.74, 6) is -3.17. The van der Waals surface area contributed by atoms with Crippen molar-refractivity contribution in [1.82, 2.24) is 10.3 Å². The molecule has 1 atom stereocenters. The van der Waals surface area contributed by atoms with Crippen LogP contribution in [0, 0.1) is 10.8 Å². The topological polar surface area (TPSA) is 61.8 Å². The van der Waals surface area contributed by atoms with E-state index in [1.54, 1.807) is 0 Å². The number of hydrogen-bond donors (Lipinski definition) is 1. The molecular formula is C10H16ClF2N3O2. The molecule has 18 heavy (non-hydrogen) atoms. The van der Waals surface area contributed by atoms with Crippen LogP contribution in [0.1, 0.15) is 25.7 Å². The molecule has 0 aromatic rings. The van der Waals surface area contributed by atoms with E-state index in [1.807, 2.05) is 0 Å². The smallest absolute Gasteiger partial charge is 0.252 e. The molecule has 2 fully saturated rings. The monoisotopic (exact) mass is 283 g/mol. The first-order valence-corrected chi connectivity index (χ1v) is 5.76. The van der Waals surface area contributed by atoms with E-state index in [0.29, 0.717) is 19.5 Å². The summed E-state index contributed by atoms with van der Waals surface area (Å²) in [6.07, 6.45) is 0.855. The standard InChI is InChI=1S/C10H15F2N3O2.ClH/c11-10(12)4-8(5-10)13-9(16)7-2-1-3-15(6-7)14-17;/h7-8H,1-6H2,(H,13,16);1H. The van der Waals surface area contributed by atoms with Gasteiger partial charge in [0, 0.05) is 25.4 Å². The summed E-state index contributed by atoms with van der Waals surface area (Å²) in [4.78, 5) is 22.1. The third kappa shape index (κ3) is 3.51. The molecule has 0 radical (unpaired) electrons. The largest absolute Gasteiger partial charge is 0.353 e.